The van der Waals surface area contributed by atoms with Gasteiger partial charge in [0.25, 0.3) is 0 Å². The van der Waals surface area contributed by atoms with Crippen LogP contribution in [0.2, 0.25) is 0 Å². The lowest BCUT2D eigenvalue weighted by molar-refractivity contribution is 0.0735. The third-order valence-corrected chi connectivity index (χ3v) is 6.28. The van der Waals surface area contributed by atoms with Gasteiger partial charge >= 0.3 is 0 Å². The standard InChI is InChI=1S/C23H31N9/c1-4-17-10-16(11-18(5-2)32(17)8-6-7-24)27-23-19-13-25-14-26-20(19)12-21(29-23)28-22-9-15(3)30-31-22/h9,12-14,16-18H,4-6,8,10-11H2,1-3H3,(H3,27,28,29,30,31). The van der Waals surface area contributed by atoms with E-state index in [1.807, 2.05) is 25.3 Å². The first-order chi connectivity index (χ1) is 15.6. The quantitative estimate of drug-likeness (QED) is 0.485. The maximum absolute atomic E-state index is 9.07. The number of rotatable bonds is 8. The van der Waals surface area contributed by atoms with E-state index in [-0.39, 0.29) is 0 Å². The van der Waals surface area contributed by atoms with E-state index in [0.717, 1.165) is 60.5 Å². The molecule has 4 heterocycles. The molecule has 0 radical (unpaired) electrons. The van der Waals surface area contributed by atoms with Gasteiger partial charge in [0, 0.05) is 55.1 Å². The van der Waals surface area contributed by atoms with Gasteiger partial charge < -0.3 is 10.6 Å². The molecule has 0 saturated carbocycles. The molecule has 0 spiro atoms. The van der Waals surface area contributed by atoms with Crippen LogP contribution in [-0.4, -0.2) is 54.7 Å². The summed E-state index contributed by atoms with van der Waals surface area (Å²) in [4.78, 5) is 16.1. The summed E-state index contributed by atoms with van der Waals surface area (Å²) in [6, 6.07) is 7.36. The molecule has 3 N–H and O–H groups in total. The molecule has 9 heteroatoms. The fourth-order valence-electron chi connectivity index (χ4n) is 4.75. The highest BCUT2D eigenvalue weighted by molar-refractivity contribution is 5.90. The van der Waals surface area contributed by atoms with Crippen molar-refractivity contribution in [3.8, 4) is 6.07 Å². The Morgan fingerprint density at radius 2 is 1.97 bits per heavy atom. The van der Waals surface area contributed by atoms with Crippen LogP contribution in [0.1, 0.15) is 51.6 Å². The number of pyridine rings is 1. The Balaban J connectivity index is 1.59. The number of H-pyrrole nitrogens is 1. The number of nitriles is 1. The molecule has 2 atom stereocenters. The molecule has 3 aromatic heterocycles. The smallest absolute Gasteiger partial charge is 0.153 e. The number of aromatic nitrogens is 5. The number of nitrogens with one attached hydrogen (secondary N) is 3. The average Bonchev–Trinajstić information content (AvgIpc) is 3.21. The minimum Gasteiger partial charge on any atom is -0.367 e. The molecule has 168 valence electrons. The molecular weight excluding hydrogens is 402 g/mol. The molecule has 0 aromatic carbocycles. The Kier molecular flexibility index (Phi) is 6.81. The van der Waals surface area contributed by atoms with Crippen LogP contribution in [0.5, 0.6) is 0 Å². The monoisotopic (exact) mass is 433 g/mol. The van der Waals surface area contributed by atoms with E-state index in [1.165, 1.54) is 0 Å². The number of aromatic amines is 1. The summed E-state index contributed by atoms with van der Waals surface area (Å²) in [6.07, 6.45) is 8.13. The summed E-state index contributed by atoms with van der Waals surface area (Å²) in [5, 5.41) is 24.2. The van der Waals surface area contributed by atoms with Crippen molar-refractivity contribution in [3.63, 3.8) is 0 Å². The van der Waals surface area contributed by atoms with Gasteiger partial charge in [0.2, 0.25) is 0 Å². The van der Waals surface area contributed by atoms with Gasteiger partial charge in [-0.25, -0.2) is 15.0 Å². The second-order valence-electron chi connectivity index (χ2n) is 8.46. The zero-order valence-electron chi connectivity index (χ0n) is 19.0. The Morgan fingerprint density at radius 3 is 2.62 bits per heavy atom. The van der Waals surface area contributed by atoms with Gasteiger partial charge in [-0.2, -0.15) is 10.4 Å². The molecular formula is C23H31N9. The Labute approximate surface area is 188 Å². The molecule has 1 aliphatic rings. The first-order valence-corrected chi connectivity index (χ1v) is 11.4. The number of piperidine rings is 1. The number of anilines is 3. The van der Waals surface area contributed by atoms with E-state index >= 15 is 0 Å². The molecule has 32 heavy (non-hydrogen) atoms. The van der Waals surface area contributed by atoms with Crippen molar-refractivity contribution < 1.29 is 0 Å². The highest BCUT2D eigenvalue weighted by Crippen LogP contribution is 2.31. The van der Waals surface area contributed by atoms with Crippen LogP contribution in [0.25, 0.3) is 10.9 Å². The van der Waals surface area contributed by atoms with Gasteiger partial charge in [0.15, 0.2) is 5.82 Å². The lowest BCUT2D eigenvalue weighted by atomic mass is 9.88. The SMILES string of the molecule is CCC1CC(Nc2nc(Nc3cc(C)[nH]n3)cc3ncncc23)CC(CC)N1CCC#N. The fraction of sp³-hybridized carbons (Fsp3) is 0.522. The summed E-state index contributed by atoms with van der Waals surface area (Å²) in [7, 11) is 0. The van der Waals surface area contributed by atoms with Crippen molar-refractivity contribution >= 4 is 28.4 Å². The number of nitrogens with zero attached hydrogens (tertiary/aromatic N) is 6. The highest BCUT2D eigenvalue weighted by atomic mass is 15.2. The fourth-order valence-corrected chi connectivity index (χ4v) is 4.75. The molecule has 3 aromatic rings. The first kappa shape index (κ1) is 22.0. The first-order valence-electron chi connectivity index (χ1n) is 11.4. The van der Waals surface area contributed by atoms with Crippen LogP contribution < -0.4 is 10.6 Å². The average molecular weight is 434 g/mol. The number of aryl methyl sites for hydroxylation is 1. The van der Waals surface area contributed by atoms with Crippen molar-refractivity contribution in [1.29, 1.82) is 5.26 Å². The van der Waals surface area contributed by atoms with E-state index in [4.69, 9.17) is 10.2 Å². The normalized spacial score (nSPS) is 21.4. The molecule has 0 amide bonds. The molecule has 2 unspecified atom stereocenters. The molecule has 9 nitrogen and oxygen atoms in total. The predicted octanol–water partition coefficient (Wildman–Crippen LogP) is 4.15. The zero-order chi connectivity index (χ0) is 22.5. The lowest BCUT2D eigenvalue weighted by Crippen LogP contribution is -2.52. The van der Waals surface area contributed by atoms with Crippen LogP contribution in [-0.2, 0) is 0 Å². The largest absolute Gasteiger partial charge is 0.367 e. The van der Waals surface area contributed by atoms with Gasteiger partial charge in [0.05, 0.1) is 17.0 Å². The van der Waals surface area contributed by atoms with Crippen molar-refractivity contribution in [3.05, 3.63) is 30.4 Å². The van der Waals surface area contributed by atoms with Gasteiger partial charge in [0.1, 0.15) is 18.0 Å². The predicted molar refractivity (Wildman–Crippen MR) is 126 cm³/mol. The lowest BCUT2D eigenvalue weighted by Gasteiger charge is -2.45. The molecule has 1 saturated heterocycles. The summed E-state index contributed by atoms with van der Waals surface area (Å²) in [5.74, 6) is 2.20. The molecule has 1 aliphatic heterocycles. The molecule has 4 rings (SSSR count). The van der Waals surface area contributed by atoms with Gasteiger partial charge in [-0.15, -0.1) is 0 Å². The van der Waals surface area contributed by atoms with Crippen molar-refractivity contribution in [2.45, 2.75) is 71.0 Å². The Morgan fingerprint density at radius 1 is 1.19 bits per heavy atom. The van der Waals surface area contributed by atoms with Crippen LogP contribution in [0.3, 0.4) is 0 Å². The maximum Gasteiger partial charge on any atom is 0.153 e. The van der Waals surface area contributed by atoms with Gasteiger partial charge in [-0.3, -0.25) is 10.00 Å². The van der Waals surface area contributed by atoms with E-state index in [0.29, 0.717) is 30.4 Å². The third kappa shape index (κ3) is 4.81. The molecule has 0 bridgehead atoms. The van der Waals surface area contributed by atoms with E-state index in [1.54, 1.807) is 6.33 Å². The number of hydrogen-bond acceptors (Lipinski definition) is 8. The van der Waals surface area contributed by atoms with Crippen molar-refractivity contribution in [2.24, 2.45) is 0 Å². The number of fused-ring (bicyclic) bond motifs is 1. The molecule has 1 fully saturated rings. The van der Waals surface area contributed by atoms with Crippen LogP contribution in [0.4, 0.5) is 17.5 Å². The zero-order valence-corrected chi connectivity index (χ0v) is 19.0. The Hall–Kier alpha value is -3.25. The van der Waals surface area contributed by atoms with Crippen LogP contribution in [0, 0.1) is 18.3 Å². The van der Waals surface area contributed by atoms with E-state index in [2.05, 4.69) is 55.6 Å². The number of likely N-dealkylation sites (tertiary alicyclic amines) is 1. The minimum absolute atomic E-state index is 0.294. The van der Waals surface area contributed by atoms with Crippen molar-refractivity contribution in [2.75, 3.05) is 17.2 Å². The van der Waals surface area contributed by atoms with Gasteiger partial charge in [-0.1, -0.05) is 13.8 Å². The third-order valence-electron chi connectivity index (χ3n) is 6.28. The van der Waals surface area contributed by atoms with E-state index < -0.39 is 0 Å². The minimum atomic E-state index is 0.294. The summed E-state index contributed by atoms with van der Waals surface area (Å²) >= 11 is 0. The summed E-state index contributed by atoms with van der Waals surface area (Å²) in [5.41, 5.74) is 1.81. The second-order valence-corrected chi connectivity index (χ2v) is 8.46. The summed E-state index contributed by atoms with van der Waals surface area (Å²) < 4.78 is 0. The Bertz CT molecular complexity index is 1070. The van der Waals surface area contributed by atoms with Crippen LogP contribution >= 0.6 is 0 Å². The number of hydrogen-bond donors (Lipinski definition) is 3. The highest BCUT2D eigenvalue weighted by Gasteiger charge is 2.33. The topological polar surface area (TPSA) is 118 Å². The van der Waals surface area contributed by atoms with E-state index in [9.17, 15) is 0 Å². The second kappa shape index (κ2) is 9.92. The molecule has 0 aliphatic carbocycles. The summed E-state index contributed by atoms with van der Waals surface area (Å²) in [6.45, 7) is 7.27. The van der Waals surface area contributed by atoms with Crippen molar-refractivity contribution in [1.82, 2.24) is 30.0 Å². The van der Waals surface area contributed by atoms with Crippen LogP contribution in [0.15, 0.2) is 24.7 Å². The van der Waals surface area contributed by atoms with Gasteiger partial charge in [-0.05, 0) is 32.6 Å². The maximum atomic E-state index is 9.07.